The first-order chi connectivity index (χ1) is 20.6. The van der Waals surface area contributed by atoms with Gasteiger partial charge in [0.2, 0.25) is 11.9 Å². The van der Waals surface area contributed by atoms with Gasteiger partial charge in [0.05, 0.1) is 6.54 Å². The van der Waals surface area contributed by atoms with Gasteiger partial charge in [0.15, 0.2) is 0 Å². The number of nitrogens with zero attached hydrogens (tertiary/aromatic N) is 2. The smallest absolute Gasteiger partial charge is 0.490 e. The van der Waals surface area contributed by atoms with Crippen molar-refractivity contribution in [1.29, 1.82) is 0 Å². The molecule has 43 heavy (non-hydrogen) atoms. The molecule has 232 valence electrons. The van der Waals surface area contributed by atoms with Crippen molar-refractivity contribution in [3.8, 4) is 5.75 Å². The minimum atomic E-state index is -5.08. The molecule has 1 fully saturated rings. The average Bonchev–Trinajstić information content (AvgIpc) is 2.99. The van der Waals surface area contributed by atoms with Crippen molar-refractivity contribution < 1.29 is 32.6 Å². The molecule has 1 saturated carbocycles. The van der Waals surface area contributed by atoms with E-state index in [0.717, 1.165) is 23.6 Å². The number of hydrogen-bond donors (Lipinski definition) is 4. The number of carbonyl (C=O) groups excluding carboxylic acids is 1. The van der Waals surface area contributed by atoms with E-state index in [4.69, 9.17) is 14.6 Å². The number of hydrogen-bond acceptors (Lipinski definition) is 7. The fourth-order valence-corrected chi connectivity index (χ4v) is 4.57. The number of para-hydroxylation sites is 1. The third-order valence-corrected chi connectivity index (χ3v) is 6.70. The van der Waals surface area contributed by atoms with Crippen molar-refractivity contribution in [2.24, 2.45) is 5.92 Å². The number of carboxylic acids is 1. The van der Waals surface area contributed by atoms with E-state index >= 15 is 0 Å². The molecule has 0 radical (unpaired) electrons. The number of carboxylic acid groups (broad SMARTS) is 1. The number of ether oxygens (including phenoxy) is 1. The second-order valence-corrected chi connectivity index (χ2v) is 10.2. The van der Waals surface area contributed by atoms with Crippen LogP contribution in [0.15, 0.2) is 66.7 Å². The van der Waals surface area contributed by atoms with E-state index in [9.17, 15) is 18.0 Å². The second kappa shape index (κ2) is 16.9. The Morgan fingerprint density at radius 1 is 1.00 bits per heavy atom. The summed E-state index contributed by atoms with van der Waals surface area (Å²) in [7, 11) is 0. The summed E-state index contributed by atoms with van der Waals surface area (Å²) in [4.78, 5) is 31.3. The molecule has 3 aromatic rings. The second-order valence-electron chi connectivity index (χ2n) is 10.2. The lowest BCUT2D eigenvalue weighted by Gasteiger charge is -2.22. The zero-order valence-electron chi connectivity index (χ0n) is 24.1. The van der Waals surface area contributed by atoms with Gasteiger partial charge in [0, 0.05) is 24.7 Å². The van der Waals surface area contributed by atoms with Crippen molar-refractivity contribution in [2.45, 2.75) is 57.7 Å². The molecule has 1 heterocycles. The van der Waals surface area contributed by atoms with Crippen LogP contribution >= 0.6 is 0 Å². The summed E-state index contributed by atoms with van der Waals surface area (Å²) in [6, 6.07) is 21.0. The van der Waals surface area contributed by atoms with Crippen LogP contribution < -0.4 is 20.7 Å². The number of nitrogens with one attached hydrogen (secondary N) is 3. The first kappa shape index (κ1) is 33.2. The number of halogens is 3. The first-order valence-corrected chi connectivity index (χ1v) is 14.3. The minimum Gasteiger partial charge on any atom is -0.492 e. The van der Waals surface area contributed by atoms with Crippen LogP contribution in [0.25, 0.3) is 0 Å². The maximum Gasteiger partial charge on any atom is 0.490 e. The molecule has 12 heteroatoms. The Labute approximate surface area is 249 Å². The van der Waals surface area contributed by atoms with Crippen LogP contribution in [-0.2, 0) is 16.0 Å². The number of carbonyl (C=O) groups is 2. The molecular formula is C31H38F3N5O4. The summed E-state index contributed by atoms with van der Waals surface area (Å²) in [6.07, 6.45) is 1.93. The lowest BCUT2D eigenvalue weighted by molar-refractivity contribution is -0.192. The number of anilines is 2. The van der Waals surface area contributed by atoms with E-state index in [1.54, 1.807) is 0 Å². The Morgan fingerprint density at radius 2 is 1.63 bits per heavy atom. The number of benzene rings is 2. The van der Waals surface area contributed by atoms with Crippen LogP contribution in [0.5, 0.6) is 5.75 Å². The topological polar surface area (TPSA) is 125 Å². The van der Waals surface area contributed by atoms with Crippen LogP contribution in [0.3, 0.4) is 0 Å². The highest BCUT2D eigenvalue weighted by atomic mass is 19.4. The summed E-state index contributed by atoms with van der Waals surface area (Å²) in [5.74, 6) is -0.135. The first-order valence-electron chi connectivity index (χ1n) is 14.3. The summed E-state index contributed by atoms with van der Waals surface area (Å²) in [5.41, 5.74) is 1.93. The minimum absolute atomic E-state index is 0.0940. The predicted octanol–water partition coefficient (Wildman–Crippen LogP) is 5.63. The average molecular weight is 602 g/mol. The van der Waals surface area contributed by atoms with E-state index in [2.05, 4.69) is 25.9 Å². The lowest BCUT2D eigenvalue weighted by Crippen LogP contribution is -2.42. The van der Waals surface area contributed by atoms with E-state index in [1.807, 2.05) is 73.7 Å². The van der Waals surface area contributed by atoms with Gasteiger partial charge in [0.1, 0.15) is 24.2 Å². The lowest BCUT2D eigenvalue weighted by atomic mass is 9.89. The van der Waals surface area contributed by atoms with E-state index in [0.29, 0.717) is 37.3 Å². The fourth-order valence-electron chi connectivity index (χ4n) is 4.57. The predicted molar refractivity (Wildman–Crippen MR) is 158 cm³/mol. The van der Waals surface area contributed by atoms with Gasteiger partial charge in [-0.1, -0.05) is 67.8 Å². The Hall–Kier alpha value is -4.35. The molecule has 9 nitrogen and oxygen atoms in total. The Bertz CT molecular complexity index is 1270. The maximum absolute atomic E-state index is 13.2. The zero-order chi connectivity index (χ0) is 31.1. The highest BCUT2D eigenvalue weighted by molar-refractivity contribution is 5.84. The summed E-state index contributed by atoms with van der Waals surface area (Å²) in [5, 5.41) is 16.9. The fraction of sp³-hybridized carbons (Fsp3) is 0.419. The summed E-state index contributed by atoms with van der Waals surface area (Å²) >= 11 is 0. The van der Waals surface area contributed by atoms with Gasteiger partial charge in [-0.3, -0.25) is 4.79 Å². The zero-order valence-corrected chi connectivity index (χ0v) is 24.1. The van der Waals surface area contributed by atoms with Gasteiger partial charge in [-0.15, -0.1) is 0 Å². The number of rotatable bonds is 12. The van der Waals surface area contributed by atoms with Crippen molar-refractivity contribution in [2.75, 3.05) is 30.3 Å². The number of aryl methyl sites for hydroxylation is 1. The molecule has 0 bridgehead atoms. The third kappa shape index (κ3) is 12.6. The van der Waals surface area contributed by atoms with Crippen LogP contribution in [-0.4, -0.2) is 58.9 Å². The molecule has 2 aromatic carbocycles. The van der Waals surface area contributed by atoms with Gasteiger partial charge in [-0.05, 0) is 43.4 Å². The van der Waals surface area contributed by atoms with E-state index in [1.165, 1.54) is 32.1 Å². The molecule has 0 saturated heterocycles. The molecule has 1 aromatic heterocycles. The molecular weight excluding hydrogens is 563 g/mol. The maximum atomic E-state index is 13.2. The molecule has 1 aliphatic rings. The van der Waals surface area contributed by atoms with Gasteiger partial charge in [-0.2, -0.15) is 18.2 Å². The number of alkyl halides is 3. The largest absolute Gasteiger partial charge is 0.492 e. The third-order valence-electron chi connectivity index (χ3n) is 6.70. The molecule has 0 unspecified atom stereocenters. The molecule has 4 N–H and O–H groups in total. The van der Waals surface area contributed by atoms with Crippen molar-refractivity contribution in [1.82, 2.24) is 15.3 Å². The highest BCUT2D eigenvalue weighted by Gasteiger charge is 2.38. The standard InChI is InChI=1S/C29H37N5O2.C2HF3O2/c1-22-19-27(34-29(32-22)31-21-24-13-7-3-8-14-24)33-26(20-23-11-5-2-6-12-23)28(35)30-17-18-36-25-15-9-4-10-16-25;3-2(4,5)1(6)7/h2,4-6,9-12,15-16,19,24,26H,3,7-8,13-14,17-18,20-21H2,1H3,(H,30,35)(H2,31,32,33,34);(H,6,7)/t26-;/m0./s1. The Balaban J connectivity index is 0.000000646. The summed E-state index contributed by atoms with van der Waals surface area (Å²) in [6.45, 7) is 3.65. The summed E-state index contributed by atoms with van der Waals surface area (Å²) < 4.78 is 37.5. The molecule has 0 spiro atoms. The number of aliphatic carboxylic acids is 1. The quantitative estimate of drug-likeness (QED) is 0.197. The Kier molecular flexibility index (Phi) is 13.1. The molecule has 4 rings (SSSR count). The van der Waals surface area contributed by atoms with Crippen LogP contribution in [0.1, 0.15) is 43.4 Å². The number of aromatic nitrogens is 2. The monoisotopic (exact) mass is 601 g/mol. The van der Waals surface area contributed by atoms with Crippen LogP contribution in [0, 0.1) is 12.8 Å². The van der Waals surface area contributed by atoms with Gasteiger partial charge in [-0.25, -0.2) is 9.78 Å². The SMILES string of the molecule is Cc1cc(N[C@@H](Cc2ccccc2)C(=O)NCCOc2ccccc2)nc(NCC2CCCCC2)n1.O=C(O)C(F)(F)F. The van der Waals surface area contributed by atoms with Crippen molar-refractivity contribution in [3.63, 3.8) is 0 Å². The Morgan fingerprint density at radius 3 is 2.26 bits per heavy atom. The van der Waals surface area contributed by atoms with Crippen LogP contribution in [0.4, 0.5) is 24.9 Å². The van der Waals surface area contributed by atoms with Gasteiger partial charge < -0.3 is 25.8 Å². The molecule has 0 aliphatic heterocycles. The molecule has 1 atom stereocenters. The molecule has 1 amide bonds. The number of amides is 1. The van der Waals surface area contributed by atoms with Crippen LogP contribution in [0.2, 0.25) is 0 Å². The highest BCUT2D eigenvalue weighted by Crippen LogP contribution is 2.24. The van der Waals surface area contributed by atoms with Gasteiger partial charge >= 0.3 is 12.1 Å². The normalized spacial score (nSPS) is 14.0. The molecule has 1 aliphatic carbocycles. The van der Waals surface area contributed by atoms with E-state index in [-0.39, 0.29) is 5.91 Å². The van der Waals surface area contributed by atoms with Crippen molar-refractivity contribution in [3.05, 3.63) is 78.0 Å². The van der Waals surface area contributed by atoms with E-state index < -0.39 is 18.2 Å². The van der Waals surface area contributed by atoms with Gasteiger partial charge in [0.25, 0.3) is 0 Å². The van der Waals surface area contributed by atoms with Crippen molar-refractivity contribution >= 4 is 23.6 Å².